The van der Waals surface area contributed by atoms with Gasteiger partial charge in [0.05, 0.1) is 6.26 Å². The Morgan fingerprint density at radius 2 is 2.24 bits per heavy atom. The Bertz CT molecular complexity index is 291. The Labute approximate surface area is 104 Å². The SMILES string of the molecule is CC(CCc1ccco1)NCCN1CCCC1. The molecule has 2 rings (SSSR count). The molecule has 0 radical (unpaired) electrons. The van der Waals surface area contributed by atoms with E-state index in [1.54, 1.807) is 6.26 Å². The van der Waals surface area contributed by atoms with Crippen LogP contribution in [-0.2, 0) is 6.42 Å². The molecule has 3 heteroatoms. The molecule has 1 aromatic rings. The maximum Gasteiger partial charge on any atom is 0.103 e. The van der Waals surface area contributed by atoms with E-state index in [1.165, 1.54) is 32.5 Å². The summed E-state index contributed by atoms with van der Waals surface area (Å²) in [6.45, 7) is 7.16. The molecule has 96 valence electrons. The summed E-state index contributed by atoms with van der Waals surface area (Å²) in [5.41, 5.74) is 0. The average molecular weight is 236 g/mol. The predicted molar refractivity (Wildman–Crippen MR) is 70.2 cm³/mol. The van der Waals surface area contributed by atoms with Gasteiger partial charge in [-0.25, -0.2) is 0 Å². The van der Waals surface area contributed by atoms with E-state index in [1.807, 2.05) is 6.07 Å². The van der Waals surface area contributed by atoms with Crippen LogP contribution in [0.2, 0.25) is 0 Å². The van der Waals surface area contributed by atoms with Crippen LogP contribution in [0.3, 0.4) is 0 Å². The van der Waals surface area contributed by atoms with Gasteiger partial charge in [-0.15, -0.1) is 0 Å². The topological polar surface area (TPSA) is 28.4 Å². The lowest BCUT2D eigenvalue weighted by Crippen LogP contribution is -2.34. The molecule has 0 bridgehead atoms. The Kier molecular flexibility index (Phi) is 5.08. The molecule has 1 fully saturated rings. The van der Waals surface area contributed by atoms with Crippen LogP contribution in [0.4, 0.5) is 0 Å². The van der Waals surface area contributed by atoms with Gasteiger partial charge in [0.2, 0.25) is 0 Å². The number of hydrogen-bond acceptors (Lipinski definition) is 3. The summed E-state index contributed by atoms with van der Waals surface area (Å²) < 4.78 is 5.33. The van der Waals surface area contributed by atoms with Crippen molar-refractivity contribution in [1.82, 2.24) is 10.2 Å². The lowest BCUT2D eigenvalue weighted by atomic mass is 10.1. The number of nitrogens with zero attached hydrogens (tertiary/aromatic N) is 1. The number of aryl methyl sites for hydroxylation is 1. The molecule has 17 heavy (non-hydrogen) atoms. The van der Waals surface area contributed by atoms with Crippen LogP contribution in [-0.4, -0.2) is 37.1 Å². The standard InChI is InChI=1S/C14H24N2O/c1-13(6-7-14-5-4-12-17-14)15-8-11-16-9-2-3-10-16/h4-5,12-13,15H,2-3,6-11H2,1H3. The molecule has 2 heterocycles. The Morgan fingerprint density at radius 3 is 2.94 bits per heavy atom. The van der Waals surface area contributed by atoms with Gasteiger partial charge in [0.1, 0.15) is 5.76 Å². The average Bonchev–Trinajstić information content (AvgIpc) is 2.99. The fourth-order valence-electron chi connectivity index (χ4n) is 2.39. The van der Waals surface area contributed by atoms with Gasteiger partial charge in [0.15, 0.2) is 0 Å². The van der Waals surface area contributed by atoms with Gasteiger partial charge in [0, 0.05) is 25.6 Å². The summed E-state index contributed by atoms with van der Waals surface area (Å²) in [5.74, 6) is 1.10. The molecule has 1 atom stereocenters. The quantitative estimate of drug-likeness (QED) is 0.787. The van der Waals surface area contributed by atoms with Crippen molar-refractivity contribution in [3.63, 3.8) is 0 Å². The number of likely N-dealkylation sites (tertiary alicyclic amines) is 1. The number of rotatable bonds is 7. The second kappa shape index (κ2) is 6.82. The van der Waals surface area contributed by atoms with Crippen LogP contribution < -0.4 is 5.32 Å². The lowest BCUT2D eigenvalue weighted by Gasteiger charge is -2.18. The number of nitrogens with one attached hydrogen (secondary N) is 1. The summed E-state index contributed by atoms with van der Waals surface area (Å²) in [5, 5.41) is 3.59. The molecule has 1 saturated heterocycles. The van der Waals surface area contributed by atoms with Crippen molar-refractivity contribution in [2.75, 3.05) is 26.2 Å². The highest BCUT2D eigenvalue weighted by molar-refractivity contribution is 4.98. The summed E-state index contributed by atoms with van der Waals surface area (Å²) in [6.07, 6.45) is 6.70. The monoisotopic (exact) mass is 236 g/mol. The zero-order valence-corrected chi connectivity index (χ0v) is 10.8. The normalized spacial score (nSPS) is 18.6. The molecule has 1 aliphatic heterocycles. The summed E-state index contributed by atoms with van der Waals surface area (Å²) >= 11 is 0. The fraction of sp³-hybridized carbons (Fsp3) is 0.714. The first-order chi connectivity index (χ1) is 8.34. The first-order valence-corrected chi connectivity index (χ1v) is 6.83. The van der Waals surface area contributed by atoms with Crippen molar-refractivity contribution < 1.29 is 4.42 Å². The maximum atomic E-state index is 5.33. The van der Waals surface area contributed by atoms with Crippen LogP contribution in [0.15, 0.2) is 22.8 Å². The number of furan rings is 1. The Hall–Kier alpha value is -0.800. The molecule has 0 aromatic carbocycles. The summed E-state index contributed by atoms with van der Waals surface area (Å²) in [4.78, 5) is 2.55. The van der Waals surface area contributed by atoms with Crippen molar-refractivity contribution in [3.8, 4) is 0 Å². The van der Waals surface area contributed by atoms with Gasteiger partial charge in [-0.3, -0.25) is 0 Å². The van der Waals surface area contributed by atoms with Crippen LogP contribution in [0.25, 0.3) is 0 Å². The third-order valence-corrected chi connectivity index (χ3v) is 3.52. The third kappa shape index (κ3) is 4.52. The van der Waals surface area contributed by atoms with E-state index in [0.29, 0.717) is 6.04 Å². The summed E-state index contributed by atoms with van der Waals surface area (Å²) in [7, 11) is 0. The zero-order valence-electron chi connectivity index (χ0n) is 10.8. The first kappa shape index (κ1) is 12.7. The minimum Gasteiger partial charge on any atom is -0.469 e. The molecule has 3 nitrogen and oxygen atoms in total. The van der Waals surface area contributed by atoms with Gasteiger partial charge >= 0.3 is 0 Å². The molecule has 0 saturated carbocycles. The van der Waals surface area contributed by atoms with Gasteiger partial charge in [-0.05, 0) is 51.4 Å². The number of hydrogen-bond donors (Lipinski definition) is 1. The van der Waals surface area contributed by atoms with Gasteiger partial charge in [-0.2, -0.15) is 0 Å². The van der Waals surface area contributed by atoms with Crippen molar-refractivity contribution in [2.45, 2.75) is 38.6 Å². The van der Waals surface area contributed by atoms with Crippen LogP contribution >= 0.6 is 0 Å². The molecular formula is C14H24N2O. The zero-order chi connectivity index (χ0) is 11.9. The minimum atomic E-state index is 0.572. The lowest BCUT2D eigenvalue weighted by molar-refractivity contribution is 0.326. The predicted octanol–water partition coefficient (Wildman–Crippen LogP) is 2.29. The summed E-state index contributed by atoms with van der Waals surface area (Å²) in [6, 6.07) is 4.58. The highest BCUT2D eigenvalue weighted by atomic mass is 16.3. The molecule has 0 spiro atoms. The Morgan fingerprint density at radius 1 is 1.41 bits per heavy atom. The first-order valence-electron chi connectivity index (χ1n) is 6.83. The van der Waals surface area contributed by atoms with E-state index in [-0.39, 0.29) is 0 Å². The fourth-order valence-corrected chi connectivity index (χ4v) is 2.39. The van der Waals surface area contributed by atoms with E-state index >= 15 is 0 Å². The molecule has 1 aromatic heterocycles. The smallest absolute Gasteiger partial charge is 0.103 e. The highest BCUT2D eigenvalue weighted by Crippen LogP contribution is 2.07. The third-order valence-electron chi connectivity index (χ3n) is 3.52. The molecular weight excluding hydrogens is 212 g/mol. The molecule has 0 aliphatic carbocycles. The largest absolute Gasteiger partial charge is 0.469 e. The van der Waals surface area contributed by atoms with E-state index in [2.05, 4.69) is 23.2 Å². The van der Waals surface area contributed by atoms with E-state index in [4.69, 9.17) is 4.42 Å². The molecule has 0 amide bonds. The van der Waals surface area contributed by atoms with E-state index in [9.17, 15) is 0 Å². The van der Waals surface area contributed by atoms with E-state index < -0.39 is 0 Å². The van der Waals surface area contributed by atoms with Crippen molar-refractivity contribution in [2.24, 2.45) is 0 Å². The second-order valence-corrected chi connectivity index (χ2v) is 5.02. The molecule has 1 N–H and O–H groups in total. The second-order valence-electron chi connectivity index (χ2n) is 5.02. The highest BCUT2D eigenvalue weighted by Gasteiger charge is 2.11. The van der Waals surface area contributed by atoms with Crippen molar-refractivity contribution in [1.29, 1.82) is 0 Å². The van der Waals surface area contributed by atoms with Crippen LogP contribution in [0.5, 0.6) is 0 Å². The molecule has 1 unspecified atom stereocenters. The minimum absolute atomic E-state index is 0.572. The molecule has 1 aliphatic rings. The van der Waals surface area contributed by atoms with Gasteiger partial charge < -0.3 is 14.6 Å². The van der Waals surface area contributed by atoms with E-state index in [0.717, 1.165) is 25.1 Å². The van der Waals surface area contributed by atoms with Gasteiger partial charge in [-0.1, -0.05) is 0 Å². The van der Waals surface area contributed by atoms with Crippen LogP contribution in [0.1, 0.15) is 31.9 Å². The maximum absolute atomic E-state index is 5.33. The van der Waals surface area contributed by atoms with Gasteiger partial charge in [0.25, 0.3) is 0 Å². The Balaban J connectivity index is 1.52. The van der Waals surface area contributed by atoms with Crippen molar-refractivity contribution >= 4 is 0 Å². The van der Waals surface area contributed by atoms with Crippen molar-refractivity contribution in [3.05, 3.63) is 24.2 Å². The van der Waals surface area contributed by atoms with Crippen LogP contribution in [0, 0.1) is 0 Å².